The van der Waals surface area contributed by atoms with Crippen LogP contribution in [0, 0.1) is 12.3 Å². The van der Waals surface area contributed by atoms with E-state index in [9.17, 15) is 0 Å². The van der Waals surface area contributed by atoms with Crippen molar-refractivity contribution >= 4 is 11.6 Å². The third-order valence-corrected chi connectivity index (χ3v) is 3.72. The fourth-order valence-corrected chi connectivity index (χ4v) is 3.02. The lowest BCUT2D eigenvalue weighted by molar-refractivity contribution is 0.276. The minimum absolute atomic E-state index is 0.150. The number of hydrogen-bond donors (Lipinski definition) is 1. The Labute approximate surface area is 108 Å². The molecule has 0 radical (unpaired) electrons. The molecule has 17 heavy (non-hydrogen) atoms. The second kappa shape index (κ2) is 4.18. The molecule has 1 aliphatic carbocycles. The number of aromatic nitrogens is 1. The third kappa shape index (κ3) is 2.43. The Balaban J connectivity index is 2.47. The summed E-state index contributed by atoms with van der Waals surface area (Å²) in [5, 5.41) is 0.670. The van der Waals surface area contributed by atoms with Gasteiger partial charge in [-0.05, 0) is 36.8 Å². The maximum Gasteiger partial charge on any atom is 0.0576 e. The number of rotatable bonds is 2. The van der Waals surface area contributed by atoms with Crippen molar-refractivity contribution in [2.75, 3.05) is 0 Å². The van der Waals surface area contributed by atoms with Crippen LogP contribution in [0.1, 0.15) is 43.3 Å². The van der Waals surface area contributed by atoms with Crippen molar-refractivity contribution < 1.29 is 0 Å². The summed E-state index contributed by atoms with van der Waals surface area (Å²) in [6.45, 7) is 11.1. The fraction of sp³-hybridized carbons (Fsp3) is 0.571. The molecule has 1 heterocycles. The van der Waals surface area contributed by atoms with Gasteiger partial charge >= 0.3 is 0 Å². The molecule has 1 aromatic heterocycles. The van der Waals surface area contributed by atoms with Crippen molar-refractivity contribution in [3.05, 3.63) is 34.6 Å². The highest BCUT2D eigenvalue weighted by Crippen LogP contribution is 2.41. The van der Waals surface area contributed by atoms with E-state index in [0.717, 1.165) is 12.8 Å². The molecule has 0 aromatic carbocycles. The molecule has 0 spiro atoms. The van der Waals surface area contributed by atoms with Crippen molar-refractivity contribution in [2.45, 2.75) is 46.2 Å². The number of halogens is 1. The second-order valence-corrected chi connectivity index (χ2v) is 6.48. The first-order valence-electron chi connectivity index (χ1n) is 6.08. The van der Waals surface area contributed by atoms with Gasteiger partial charge in [0.2, 0.25) is 0 Å². The van der Waals surface area contributed by atoms with E-state index in [1.807, 2.05) is 0 Å². The SMILES string of the molecule is C=C(Cl)Cn1c(C)cc2c1CC(C)(C)CC2N. The third-order valence-electron chi connectivity index (χ3n) is 3.60. The molecule has 2 rings (SSSR count). The van der Waals surface area contributed by atoms with Crippen LogP contribution in [0.25, 0.3) is 0 Å². The number of nitrogens with zero attached hydrogens (tertiary/aromatic N) is 1. The lowest BCUT2D eigenvalue weighted by Crippen LogP contribution is -2.30. The molecule has 0 saturated heterocycles. The molecule has 2 N–H and O–H groups in total. The molecule has 0 aliphatic heterocycles. The molecule has 1 aliphatic rings. The van der Waals surface area contributed by atoms with E-state index in [-0.39, 0.29) is 11.5 Å². The summed E-state index contributed by atoms with van der Waals surface area (Å²) in [4.78, 5) is 0. The number of aryl methyl sites for hydroxylation is 1. The zero-order valence-electron chi connectivity index (χ0n) is 10.9. The number of hydrogen-bond acceptors (Lipinski definition) is 1. The summed E-state index contributed by atoms with van der Waals surface area (Å²) in [6, 6.07) is 2.35. The first-order valence-corrected chi connectivity index (χ1v) is 6.46. The van der Waals surface area contributed by atoms with E-state index in [2.05, 4.69) is 38.0 Å². The Hall–Kier alpha value is -0.730. The van der Waals surface area contributed by atoms with E-state index in [4.69, 9.17) is 17.3 Å². The molecule has 1 unspecified atom stereocenters. The quantitative estimate of drug-likeness (QED) is 0.858. The highest BCUT2D eigenvalue weighted by Gasteiger charge is 2.33. The smallest absolute Gasteiger partial charge is 0.0576 e. The molecule has 94 valence electrons. The Morgan fingerprint density at radius 2 is 2.29 bits per heavy atom. The zero-order valence-corrected chi connectivity index (χ0v) is 11.6. The van der Waals surface area contributed by atoms with Crippen LogP contribution >= 0.6 is 11.6 Å². The minimum Gasteiger partial charge on any atom is -0.343 e. The van der Waals surface area contributed by atoms with Gasteiger partial charge in [-0.25, -0.2) is 0 Å². The van der Waals surface area contributed by atoms with Crippen molar-refractivity contribution in [3.63, 3.8) is 0 Å². The fourth-order valence-electron chi connectivity index (χ4n) is 2.90. The van der Waals surface area contributed by atoms with Gasteiger partial charge < -0.3 is 10.3 Å². The Bertz CT molecular complexity index is 457. The van der Waals surface area contributed by atoms with Gasteiger partial charge in [0, 0.05) is 22.5 Å². The van der Waals surface area contributed by atoms with Gasteiger partial charge in [0.25, 0.3) is 0 Å². The molecular weight excluding hydrogens is 232 g/mol. The van der Waals surface area contributed by atoms with E-state index in [1.54, 1.807) is 0 Å². The van der Waals surface area contributed by atoms with Crippen molar-refractivity contribution in [2.24, 2.45) is 11.1 Å². The Morgan fingerprint density at radius 1 is 1.65 bits per heavy atom. The van der Waals surface area contributed by atoms with E-state index in [1.165, 1.54) is 17.0 Å². The normalized spacial score (nSPS) is 22.3. The van der Waals surface area contributed by atoms with Crippen LogP contribution in [0.4, 0.5) is 0 Å². The van der Waals surface area contributed by atoms with Crippen molar-refractivity contribution in [3.8, 4) is 0 Å². The van der Waals surface area contributed by atoms with Gasteiger partial charge in [0.15, 0.2) is 0 Å². The van der Waals surface area contributed by atoms with Crippen LogP contribution in [-0.4, -0.2) is 4.57 Å². The van der Waals surface area contributed by atoms with Crippen LogP contribution in [0.2, 0.25) is 0 Å². The predicted molar refractivity (Wildman–Crippen MR) is 73.2 cm³/mol. The Morgan fingerprint density at radius 3 is 2.88 bits per heavy atom. The highest BCUT2D eigenvalue weighted by atomic mass is 35.5. The lowest BCUT2D eigenvalue weighted by atomic mass is 9.74. The predicted octanol–water partition coefficient (Wildman–Crippen LogP) is 3.52. The molecule has 1 atom stereocenters. The summed E-state index contributed by atoms with van der Waals surface area (Å²) in [7, 11) is 0. The number of fused-ring (bicyclic) bond motifs is 1. The van der Waals surface area contributed by atoms with Gasteiger partial charge in [-0.1, -0.05) is 32.0 Å². The molecule has 2 nitrogen and oxygen atoms in total. The maximum absolute atomic E-state index is 6.27. The number of nitrogens with two attached hydrogens (primary N) is 1. The van der Waals surface area contributed by atoms with E-state index in [0.29, 0.717) is 11.6 Å². The van der Waals surface area contributed by atoms with Crippen LogP contribution in [0.15, 0.2) is 17.7 Å². The average molecular weight is 253 g/mol. The van der Waals surface area contributed by atoms with Gasteiger partial charge in [-0.2, -0.15) is 0 Å². The first kappa shape index (κ1) is 12.7. The van der Waals surface area contributed by atoms with Gasteiger partial charge in [-0.3, -0.25) is 0 Å². The van der Waals surface area contributed by atoms with Crippen LogP contribution in [-0.2, 0) is 13.0 Å². The monoisotopic (exact) mass is 252 g/mol. The molecule has 1 aromatic rings. The summed E-state index contributed by atoms with van der Waals surface area (Å²) in [6.07, 6.45) is 2.11. The maximum atomic E-state index is 6.27. The highest BCUT2D eigenvalue weighted by molar-refractivity contribution is 6.29. The Kier molecular flexibility index (Phi) is 3.13. The van der Waals surface area contributed by atoms with Gasteiger partial charge in [0.1, 0.15) is 0 Å². The second-order valence-electron chi connectivity index (χ2n) is 5.94. The summed E-state index contributed by atoms with van der Waals surface area (Å²) in [5.74, 6) is 0. The molecular formula is C14H21ClN2. The molecule has 0 saturated carbocycles. The summed E-state index contributed by atoms with van der Waals surface area (Å²) < 4.78 is 2.26. The standard InChI is InChI=1S/C14H21ClN2/c1-9(15)8-17-10(2)5-11-12(16)6-14(3,4)7-13(11)17/h5,12H,1,6-8,16H2,2-4H3. The molecule has 0 bridgehead atoms. The van der Waals surface area contributed by atoms with E-state index < -0.39 is 0 Å². The number of allylic oxidation sites excluding steroid dienone is 1. The summed E-state index contributed by atoms with van der Waals surface area (Å²) >= 11 is 5.94. The van der Waals surface area contributed by atoms with Gasteiger partial charge in [0.05, 0.1) is 6.54 Å². The van der Waals surface area contributed by atoms with Crippen LogP contribution in [0.5, 0.6) is 0 Å². The average Bonchev–Trinajstić information content (AvgIpc) is 2.43. The van der Waals surface area contributed by atoms with Crippen LogP contribution < -0.4 is 5.73 Å². The topological polar surface area (TPSA) is 30.9 Å². The minimum atomic E-state index is 0.150. The van der Waals surface area contributed by atoms with Gasteiger partial charge in [-0.15, -0.1) is 0 Å². The molecule has 3 heteroatoms. The largest absolute Gasteiger partial charge is 0.343 e. The van der Waals surface area contributed by atoms with Crippen molar-refractivity contribution in [1.29, 1.82) is 0 Å². The molecule has 0 fully saturated rings. The van der Waals surface area contributed by atoms with Crippen molar-refractivity contribution in [1.82, 2.24) is 4.57 Å². The zero-order chi connectivity index (χ0) is 12.8. The first-order chi connectivity index (χ1) is 7.80. The molecule has 0 amide bonds. The van der Waals surface area contributed by atoms with Crippen LogP contribution in [0.3, 0.4) is 0 Å². The van der Waals surface area contributed by atoms with E-state index >= 15 is 0 Å². The lowest BCUT2D eigenvalue weighted by Gasteiger charge is -2.34. The summed E-state index contributed by atoms with van der Waals surface area (Å²) in [5.41, 5.74) is 10.4.